The fourth-order valence-electron chi connectivity index (χ4n) is 1.68. The number of hydrogen-bond donors (Lipinski definition) is 2. The molecule has 2 N–H and O–H groups in total. The number of carboxylic acids is 1. The molecule has 1 rings (SSSR count). The minimum absolute atomic E-state index is 0.120. The zero-order valence-electron chi connectivity index (χ0n) is 13.5. The van der Waals surface area contributed by atoms with Gasteiger partial charge in [-0.2, -0.15) is 0 Å². The molecule has 0 aliphatic rings. The third kappa shape index (κ3) is 5.56. The molecule has 0 unspecified atom stereocenters. The van der Waals surface area contributed by atoms with Crippen molar-refractivity contribution in [2.24, 2.45) is 0 Å². The van der Waals surface area contributed by atoms with Crippen LogP contribution in [0.3, 0.4) is 0 Å². The van der Waals surface area contributed by atoms with Crippen LogP contribution >= 0.6 is 0 Å². The van der Waals surface area contributed by atoms with Crippen LogP contribution in [-0.2, 0) is 19.1 Å². The molecule has 0 radical (unpaired) electrons. The SMILES string of the molecule is COC(=O)c1ccc(NC(=O)/C(C)=C/C(=O)N(C)CC(=O)O)cc1. The van der Waals surface area contributed by atoms with Crippen LogP contribution in [0.15, 0.2) is 35.9 Å². The zero-order valence-corrected chi connectivity index (χ0v) is 13.5. The van der Waals surface area contributed by atoms with Crippen molar-refractivity contribution in [1.29, 1.82) is 0 Å². The van der Waals surface area contributed by atoms with E-state index in [1.54, 1.807) is 0 Å². The second kappa shape index (κ2) is 8.47. The van der Waals surface area contributed by atoms with E-state index in [4.69, 9.17) is 5.11 Å². The molecule has 0 atom stereocenters. The molecule has 0 aliphatic carbocycles. The third-order valence-corrected chi connectivity index (χ3v) is 3.01. The lowest BCUT2D eigenvalue weighted by molar-refractivity contribution is -0.141. The Hall–Kier alpha value is -3.16. The molecule has 0 bridgehead atoms. The van der Waals surface area contributed by atoms with Crippen LogP contribution in [0.2, 0.25) is 0 Å². The number of nitrogens with zero attached hydrogens (tertiary/aromatic N) is 1. The van der Waals surface area contributed by atoms with Crippen molar-refractivity contribution >= 4 is 29.4 Å². The average Bonchev–Trinajstić information content (AvgIpc) is 2.53. The molecule has 0 saturated heterocycles. The standard InChI is InChI=1S/C16H18N2O6/c1-10(8-13(19)18(2)9-14(20)21)15(22)17-12-6-4-11(5-7-12)16(23)24-3/h4-8H,9H2,1-3H3,(H,17,22)(H,20,21)/b10-8+. The maximum atomic E-state index is 12.0. The lowest BCUT2D eigenvalue weighted by Crippen LogP contribution is -2.31. The summed E-state index contributed by atoms with van der Waals surface area (Å²) < 4.78 is 4.57. The molecule has 0 fully saturated rings. The molecule has 1 aromatic rings. The quantitative estimate of drug-likeness (QED) is 0.590. The number of likely N-dealkylation sites (N-methyl/N-ethyl adjacent to an activating group) is 1. The number of anilines is 1. The largest absolute Gasteiger partial charge is 0.480 e. The fourth-order valence-corrected chi connectivity index (χ4v) is 1.68. The number of benzene rings is 1. The summed E-state index contributed by atoms with van der Waals surface area (Å²) in [7, 11) is 2.59. The van der Waals surface area contributed by atoms with Crippen molar-refractivity contribution in [2.75, 3.05) is 26.0 Å². The van der Waals surface area contributed by atoms with Gasteiger partial charge in [-0.05, 0) is 31.2 Å². The number of carboxylic acid groups (broad SMARTS) is 1. The lowest BCUT2D eigenvalue weighted by atomic mass is 10.2. The number of carbonyl (C=O) groups is 4. The number of carbonyl (C=O) groups excluding carboxylic acids is 3. The van der Waals surface area contributed by atoms with Crippen molar-refractivity contribution in [2.45, 2.75) is 6.92 Å². The zero-order chi connectivity index (χ0) is 18.3. The maximum Gasteiger partial charge on any atom is 0.337 e. The first kappa shape index (κ1) is 18.9. The molecule has 0 saturated carbocycles. The predicted molar refractivity (Wildman–Crippen MR) is 85.4 cm³/mol. The van der Waals surface area contributed by atoms with Gasteiger partial charge in [-0.1, -0.05) is 0 Å². The van der Waals surface area contributed by atoms with Gasteiger partial charge >= 0.3 is 11.9 Å². The normalized spacial score (nSPS) is 10.7. The van der Waals surface area contributed by atoms with Gasteiger partial charge in [-0.15, -0.1) is 0 Å². The Kier molecular flexibility index (Phi) is 6.66. The van der Waals surface area contributed by atoms with Crippen LogP contribution in [0.4, 0.5) is 5.69 Å². The molecule has 128 valence electrons. The Labute approximate surface area is 138 Å². The number of esters is 1. The summed E-state index contributed by atoms with van der Waals surface area (Å²) in [5, 5.41) is 11.2. The van der Waals surface area contributed by atoms with Crippen LogP contribution in [0.1, 0.15) is 17.3 Å². The van der Waals surface area contributed by atoms with Gasteiger partial charge in [-0.25, -0.2) is 4.79 Å². The molecule has 0 aliphatic heterocycles. The Bertz CT molecular complexity index is 678. The monoisotopic (exact) mass is 334 g/mol. The second-order valence-corrected chi connectivity index (χ2v) is 4.94. The van der Waals surface area contributed by atoms with E-state index < -0.39 is 30.3 Å². The molecule has 0 heterocycles. The van der Waals surface area contributed by atoms with Gasteiger partial charge in [0.05, 0.1) is 12.7 Å². The van der Waals surface area contributed by atoms with E-state index in [1.165, 1.54) is 45.3 Å². The lowest BCUT2D eigenvalue weighted by Gasteiger charge is -2.12. The van der Waals surface area contributed by atoms with Crippen molar-refractivity contribution < 1.29 is 29.0 Å². The van der Waals surface area contributed by atoms with E-state index in [0.29, 0.717) is 11.3 Å². The molecule has 8 nitrogen and oxygen atoms in total. The van der Waals surface area contributed by atoms with E-state index in [-0.39, 0.29) is 5.57 Å². The number of ether oxygens (including phenoxy) is 1. The Morgan fingerprint density at radius 1 is 1.21 bits per heavy atom. The summed E-state index contributed by atoms with van der Waals surface area (Å²) in [4.78, 5) is 46.6. The molecular formula is C16H18N2O6. The second-order valence-electron chi connectivity index (χ2n) is 4.94. The van der Waals surface area contributed by atoms with E-state index in [2.05, 4.69) is 10.1 Å². The number of aliphatic carboxylic acids is 1. The third-order valence-electron chi connectivity index (χ3n) is 3.01. The molecular weight excluding hydrogens is 316 g/mol. The molecule has 8 heteroatoms. The summed E-state index contributed by atoms with van der Waals surface area (Å²) in [5.74, 6) is -2.74. The topological polar surface area (TPSA) is 113 Å². The van der Waals surface area contributed by atoms with Crippen LogP contribution in [0.25, 0.3) is 0 Å². The van der Waals surface area contributed by atoms with Gasteiger partial charge in [0.25, 0.3) is 5.91 Å². The number of methoxy groups -OCH3 is 1. The Morgan fingerprint density at radius 3 is 2.29 bits per heavy atom. The van der Waals surface area contributed by atoms with E-state index >= 15 is 0 Å². The number of hydrogen-bond acceptors (Lipinski definition) is 5. The highest BCUT2D eigenvalue weighted by molar-refractivity contribution is 6.07. The maximum absolute atomic E-state index is 12.0. The van der Waals surface area contributed by atoms with Crippen molar-refractivity contribution in [3.8, 4) is 0 Å². The van der Waals surface area contributed by atoms with Crippen LogP contribution in [0, 0.1) is 0 Å². The van der Waals surface area contributed by atoms with E-state index in [9.17, 15) is 19.2 Å². The predicted octanol–water partition coefficient (Wildman–Crippen LogP) is 0.901. The minimum Gasteiger partial charge on any atom is -0.480 e. The molecule has 24 heavy (non-hydrogen) atoms. The van der Waals surface area contributed by atoms with Gasteiger partial charge in [0, 0.05) is 24.4 Å². The van der Waals surface area contributed by atoms with E-state index in [0.717, 1.165) is 11.0 Å². The van der Waals surface area contributed by atoms with Gasteiger partial charge in [0.15, 0.2) is 0 Å². The summed E-state index contributed by atoms with van der Waals surface area (Å²) in [6.45, 7) is 0.976. The van der Waals surface area contributed by atoms with Gasteiger partial charge in [0.2, 0.25) is 5.91 Å². The van der Waals surface area contributed by atoms with Crippen molar-refractivity contribution in [3.63, 3.8) is 0 Å². The Morgan fingerprint density at radius 2 is 1.79 bits per heavy atom. The summed E-state index contributed by atoms with van der Waals surface area (Å²) in [5.41, 5.74) is 0.897. The fraction of sp³-hybridized carbons (Fsp3) is 0.250. The number of amides is 2. The molecule has 0 spiro atoms. The average molecular weight is 334 g/mol. The number of rotatable bonds is 6. The highest BCUT2D eigenvalue weighted by Gasteiger charge is 2.13. The summed E-state index contributed by atoms with van der Waals surface area (Å²) in [6, 6.07) is 6.03. The summed E-state index contributed by atoms with van der Waals surface area (Å²) in [6.07, 6.45) is 1.06. The highest BCUT2D eigenvalue weighted by atomic mass is 16.5. The van der Waals surface area contributed by atoms with Gasteiger partial charge in [-0.3, -0.25) is 14.4 Å². The van der Waals surface area contributed by atoms with Crippen LogP contribution in [-0.4, -0.2) is 54.5 Å². The molecule has 0 aromatic heterocycles. The number of nitrogens with one attached hydrogen (secondary N) is 1. The highest BCUT2D eigenvalue weighted by Crippen LogP contribution is 2.11. The van der Waals surface area contributed by atoms with Gasteiger partial charge in [0.1, 0.15) is 6.54 Å². The van der Waals surface area contributed by atoms with Crippen LogP contribution < -0.4 is 5.32 Å². The van der Waals surface area contributed by atoms with Crippen molar-refractivity contribution in [3.05, 3.63) is 41.5 Å². The first-order valence-electron chi connectivity index (χ1n) is 6.89. The van der Waals surface area contributed by atoms with E-state index in [1.807, 2.05) is 0 Å². The first-order chi connectivity index (χ1) is 11.2. The van der Waals surface area contributed by atoms with Crippen LogP contribution in [0.5, 0.6) is 0 Å². The van der Waals surface area contributed by atoms with Gasteiger partial charge < -0.3 is 20.1 Å². The minimum atomic E-state index is -1.15. The van der Waals surface area contributed by atoms with Crippen molar-refractivity contribution in [1.82, 2.24) is 4.90 Å². The molecule has 1 aromatic carbocycles. The summed E-state index contributed by atoms with van der Waals surface area (Å²) >= 11 is 0. The first-order valence-corrected chi connectivity index (χ1v) is 6.89. The Balaban J connectivity index is 2.72. The molecule has 2 amide bonds. The smallest absolute Gasteiger partial charge is 0.337 e.